The van der Waals surface area contributed by atoms with Crippen LogP contribution in [-0.2, 0) is 4.74 Å². The minimum Gasteiger partial charge on any atom is -0.497 e. The highest BCUT2D eigenvalue weighted by atomic mass is 16.5. The minimum absolute atomic E-state index is 0.740. The van der Waals surface area contributed by atoms with Gasteiger partial charge < -0.3 is 4.74 Å². The van der Waals surface area contributed by atoms with Crippen molar-refractivity contribution in [2.24, 2.45) is 0 Å². The van der Waals surface area contributed by atoms with Gasteiger partial charge in [-0.25, -0.2) is 0 Å². The van der Waals surface area contributed by atoms with Crippen molar-refractivity contribution in [3.05, 3.63) is 24.0 Å². The third-order valence-corrected chi connectivity index (χ3v) is 1.17. The quantitative estimate of drug-likeness (QED) is 0.500. The molecular weight excluding hydrogens is 100 g/mol. The first-order valence-electron chi connectivity index (χ1n) is 2.90. The summed E-state index contributed by atoms with van der Waals surface area (Å²) >= 11 is 0. The van der Waals surface area contributed by atoms with E-state index in [1.807, 2.05) is 12.3 Å². The van der Waals surface area contributed by atoms with Gasteiger partial charge in [-0.15, -0.1) is 0 Å². The standard InChI is InChI=1S/C7H10O/c1-2-7-4-3-5-8-6-7/h3-4,6H,2,5H2,1H3. The van der Waals surface area contributed by atoms with E-state index in [2.05, 4.69) is 13.0 Å². The second-order valence-electron chi connectivity index (χ2n) is 1.78. The Hall–Kier alpha value is -0.720. The average Bonchev–Trinajstić information content (AvgIpc) is 1.90. The van der Waals surface area contributed by atoms with Crippen molar-refractivity contribution >= 4 is 0 Å². The number of ether oxygens (including phenoxy) is 1. The predicted molar refractivity (Wildman–Crippen MR) is 33.5 cm³/mol. The fraction of sp³-hybridized carbons (Fsp3) is 0.429. The van der Waals surface area contributed by atoms with Crippen LogP contribution in [0.3, 0.4) is 0 Å². The summed E-state index contributed by atoms with van der Waals surface area (Å²) in [7, 11) is 0. The van der Waals surface area contributed by atoms with Crippen LogP contribution in [0.2, 0.25) is 0 Å². The summed E-state index contributed by atoms with van der Waals surface area (Å²) in [5, 5.41) is 0. The van der Waals surface area contributed by atoms with Gasteiger partial charge in [0.05, 0.1) is 6.26 Å². The number of rotatable bonds is 1. The lowest BCUT2D eigenvalue weighted by molar-refractivity contribution is 0.281. The molecule has 0 amide bonds. The van der Waals surface area contributed by atoms with Crippen molar-refractivity contribution in [1.82, 2.24) is 0 Å². The van der Waals surface area contributed by atoms with Gasteiger partial charge in [0.2, 0.25) is 0 Å². The first-order valence-corrected chi connectivity index (χ1v) is 2.90. The largest absolute Gasteiger partial charge is 0.497 e. The summed E-state index contributed by atoms with van der Waals surface area (Å²) < 4.78 is 5.02. The molecule has 0 bridgehead atoms. The molecule has 8 heavy (non-hydrogen) atoms. The van der Waals surface area contributed by atoms with Crippen LogP contribution in [0.15, 0.2) is 24.0 Å². The van der Waals surface area contributed by atoms with E-state index in [0.29, 0.717) is 0 Å². The molecule has 0 aromatic rings. The maximum Gasteiger partial charge on any atom is 0.106 e. The van der Waals surface area contributed by atoms with Crippen LogP contribution in [0.25, 0.3) is 0 Å². The Morgan fingerprint density at radius 1 is 1.75 bits per heavy atom. The smallest absolute Gasteiger partial charge is 0.106 e. The predicted octanol–water partition coefficient (Wildman–Crippen LogP) is 1.87. The van der Waals surface area contributed by atoms with E-state index in [9.17, 15) is 0 Å². The Bertz CT molecular complexity index is 122. The fourth-order valence-corrected chi connectivity index (χ4v) is 0.651. The summed E-state index contributed by atoms with van der Waals surface area (Å²) in [6.45, 7) is 2.86. The van der Waals surface area contributed by atoms with Crippen LogP contribution in [0.4, 0.5) is 0 Å². The zero-order valence-electron chi connectivity index (χ0n) is 5.05. The third-order valence-electron chi connectivity index (χ3n) is 1.17. The first kappa shape index (κ1) is 5.42. The molecule has 0 aliphatic carbocycles. The molecule has 0 radical (unpaired) electrons. The normalized spacial score (nSPS) is 17.4. The molecule has 0 unspecified atom stereocenters. The molecule has 0 spiro atoms. The average molecular weight is 110 g/mol. The van der Waals surface area contributed by atoms with Gasteiger partial charge in [-0.3, -0.25) is 0 Å². The second-order valence-corrected chi connectivity index (χ2v) is 1.78. The summed E-state index contributed by atoms with van der Waals surface area (Å²) in [5.74, 6) is 0. The molecule has 0 atom stereocenters. The SMILES string of the molecule is CCC1=COCC=C1. The molecule has 1 rings (SSSR count). The molecule has 1 aliphatic rings. The lowest BCUT2D eigenvalue weighted by atomic mass is 10.2. The van der Waals surface area contributed by atoms with Crippen molar-refractivity contribution in [2.45, 2.75) is 13.3 Å². The summed E-state index contributed by atoms with van der Waals surface area (Å²) in [6.07, 6.45) is 7.01. The number of hydrogen-bond donors (Lipinski definition) is 0. The van der Waals surface area contributed by atoms with Crippen LogP contribution in [-0.4, -0.2) is 6.61 Å². The van der Waals surface area contributed by atoms with Gasteiger partial charge in [-0.1, -0.05) is 13.0 Å². The van der Waals surface area contributed by atoms with Crippen molar-refractivity contribution in [2.75, 3.05) is 6.61 Å². The molecule has 0 saturated heterocycles. The highest BCUT2D eigenvalue weighted by Gasteiger charge is 1.91. The second kappa shape index (κ2) is 2.55. The van der Waals surface area contributed by atoms with Gasteiger partial charge in [0.15, 0.2) is 0 Å². The van der Waals surface area contributed by atoms with Crippen LogP contribution in [0.5, 0.6) is 0 Å². The number of allylic oxidation sites excluding steroid dienone is 2. The van der Waals surface area contributed by atoms with Gasteiger partial charge in [0, 0.05) is 0 Å². The highest BCUT2D eigenvalue weighted by Crippen LogP contribution is 2.06. The molecule has 44 valence electrons. The molecule has 0 aromatic carbocycles. The van der Waals surface area contributed by atoms with E-state index >= 15 is 0 Å². The van der Waals surface area contributed by atoms with Crippen LogP contribution in [0.1, 0.15) is 13.3 Å². The summed E-state index contributed by atoms with van der Waals surface area (Å²) in [6, 6.07) is 0. The van der Waals surface area contributed by atoms with E-state index in [-0.39, 0.29) is 0 Å². The van der Waals surface area contributed by atoms with Gasteiger partial charge in [0.1, 0.15) is 6.61 Å². The molecule has 1 nitrogen and oxygen atoms in total. The molecule has 0 N–H and O–H groups in total. The molecule has 1 heterocycles. The zero-order valence-corrected chi connectivity index (χ0v) is 5.05. The molecule has 0 aromatic heterocycles. The van der Waals surface area contributed by atoms with Gasteiger partial charge >= 0.3 is 0 Å². The fourth-order valence-electron chi connectivity index (χ4n) is 0.651. The van der Waals surface area contributed by atoms with Gasteiger partial charge in [-0.05, 0) is 18.1 Å². The third kappa shape index (κ3) is 1.12. The topological polar surface area (TPSA) is 9.23 Å². The van der Waals surface area contributed by atoms with Crippen molar-refractivity contribution in [3.63, 3.8) is 0 Å². The maximum atomic E-state index is 5.02. The highest BCUT2D eigenvalue weighted by molar-refractivity contribution is 5.18. The Kier molecular flexibility index (Phi) is 1.73. The lowest BCUT2D eigenvalue weighted by Gasteiger charge is -2.03. The Morgan fingerprint density at radius 2 is 2.62 bits per heavy atom. The molecule has 0 fully saturated rings. The Labute approximate surface area is 49.7 Å². The van der Waals surface area contributed by atoms with E-state index in [1.54, 1.807) is 0 Å². The van der Waals surface area contributed by atoms with Crippen LogP contribution < -0.4 is 0 Å². The molecular formula is C7H10O. The summed E-state index contributed by atoms with van der Waals surface area (Å²) in [4.78, 5) is 0. The molecule has 1 heteroatoms. The minimum atomic E-state index is 0.740. The van der Waals surface area contributed by atoms with E-state index in [0.717, 1.165) is 13.0 Å². The molecule has 0 saturated carbocycles. The van der Waals surface area contributed by atoms with Gasteiger partial charge in [0.25, 0.3) is 0 Å². The monoisotopic (exact) mass is 110 g/mol. The summed E-state index contributed by atoms with van der Waals surface area (Å²) in [5.41, 5.74) is 1.27. The maximum absolute atomic E-state index is 5.02. The lowest BCUT2D eigenvalue weighted by Crippen LogP contribution is -1.89. The Morgan fingerprint density at radius 3 is 3.00 bits per heavy atom. The van der Waals surface area contributed by atoms with E-state index < -0.39 is 0 Å². The zero-order chi connectivity index (χ0) is 5.82. The van der Waals surface area contributed by atoms with Crippen molar-refractivity contribution in [1.29, 1.82) is 0 Å². The van der Waals surface area contributed by atoms with E-state index in [1.165, 1.54) is 5.57 Å². The van der Waals surface area contributed by atoms with Crippen molar-refractivity contribution in [3.8, 4) is 0 Å². The van der Waals surface area contributed by atoms with E-state index in [4.69, 9.17) is 4.74 Å². The van der Waals surface area contributed by atoms with Crippen molar-refractivity contribution < 1.29 is 4.74 Å². The first-order chi connectivity index (χ1) is 3.93. The van der Waals surface area contributed by atoms with Crippen LogP contribution in [0, 0.1) is 0 Å². The number of hydrogen-bond acceptors (Lipinski definition) is 1. The molecule has 1 aliphatic heterocycles. The van der Waals surface area contributed by atoms with Crippen LogP contribution >= 0.6 is 0 Å². The Balaban J connectivity index is 2.51. The van der Waals surface area contributed by atoms with Gasteiger partial charge in [-0.2, -0.15) is 0 Å².